The third-order valence-corrected chi connectivity index (χ3v) is 3.65. The van der Waals surface area contributed by atoms with Gasteiger partial charge in [0.25, 0.3) is 0 Å². The lowest BCUT2D eigenvalue weighted by Gasteiger charge is -2.22. The summed E-state index contributed by atoms with van der Waals surface area (Å²) in [6.07, 6.45) is 2.18. The Morgan fingerprint density at radius 1 is 1.35 bits per heavy atom. The van der Waals surface area contributed by atoms with Crippen LogP contribution in [0.4, 0.5) is 10.7 Å². The number of H-pyrrole nitrogens is 1. The summed E-state index contributed by atoms with van der Waals surface area (Å²) >= 11 is 0. The molecule has 2 heterocycles. The summed E-state index contributed by atoms with van der Waals surface area (Å²) in [5.74, 6) is -0.0320. The van der Waals surface area contributed by atoms with Gasteiger partial charge in [0.05, 0.1) is 0 Å². The molecule has 1 aliphatic rings. The van der Waals surface area contributed by atoms with Gasteiger partial charge in [-0.1, -0.05) is 30.3 Å². The maximum Gasteiger partial charge on any atom is 0.410 e. The number of nitrogens with one attached hydrogen (secondary N) is 2. The molecule has 120 valence electrons. The van der Waals surface area contributed by atoms with Crippen LogP contribution in [0.2, 0.25) is 0 Å². The molecule has 2 amide bonds. The zero-order valence-electron chi connectivity index (χ0n) is 12.4. The second kappa shape index (κ2) is 6.91. The van der Waals surface area contributed by atoms with Crippen molar-refractivity contribution in [1.82, 2.24) is 20.1 Å². The number of rotatable bonds is 4. The van der Waals surface area contributed by atoms with Crippen LogP contribution in [0, 0.1) is 0 Å². The van der Waals surface area contributed by atoms with E-state index in [0.717, 1.165) is 12.0 Å². The molecule has 8 heteroatoms. The van der Waals surface area contributed by atoms with Gasteiger partial charge in [0.15, 0.2) is 0 Å². The lowest BCUT2D eigenvalue weighted by atomic mass is 10.2. The first kappa shape index (κ1) is 15.0. The number of aromatic nitrogens is 3. The van der Waals surface area contributed by atoms with E-state index < -0.39 is 12.1 Å². The van der Waals surface area contributed by atoms with E-state index in [-0.39, 0.29) is 18.5 Å². The van der Waals surface area contributed by atoms with Crippen molar-refractivity contribution in [2.45, 2.75) is 25.5 Å². The number of ether oxygens (including phenoxy) is 1. The molecule has 1 unspecified atom stereocenters. The van der Waals surface area contributed by atoms with E-state index in [0.29, 0.717) is 13.0 Å². The summed E-state index contributed by atoms with van der Waals surface area (Å²) in [6.45, 7) is 0.689. The summed E-state index contributed by atoms with van der Waals surface area (Å²) in [4.78, 5) is 29.8. The minimum atomic E-state index is -0.552. The molecule has 23 heavy (non-hydrogen) atoms. The number of carbonyl (C=O) groups excluding carboxylic acids is 2. The molecule has 1 aliphatic heterocycles. The van der Waals surface area contributed by atoms with E-state index in [4.69, 9.17) is 4.74 Å². The maximum atomic E-state index is 12.3. The van der Waals surface area contributed by atoms with Crippen LogP contribution in [0.25, 0.3) is 0 Å². The van der Waals surface area contributed by atoms with Gasteiger partial charge in [-0.15, -0.1) is 0 Å². The van der Waals surface area contributed by atoms with Crippen molar-refractivity contribution in [3.63, 3.8) is 0 Å². The Balaban J connectivity index is 1.57. The molecule has 1 aromatic carbocycles. The average Bonchev–Trinajstić information content (AvgIpc) is 3.24. The third kappa shape index (κ3) is 3.65. The van der Waals surface area contributed by atoms with E-state index >= 15 is 0 Å². The molecule has 0 radical (unpaired) electrons. The highest BCUT2D eigenvalue weighted by atomic mass is 16.6. The first-order valence-corrected chi connectivity index (χ1v) is 7.37. The van der Waals surface area contributed by atoms with Crippen molar-refractivity contribution in [3.8, 4) is 0 Å². The maximum absolute atomic E-state index is 12.3. The number of carbonyl (C=O) groups is 2. The quantitative estimate of drug-likeness (QED) is 0.891. The number of hydrogen-bond acceptors (Lipinski definition) is 5. The molecule has 2 aromatic rings. The fourth-order valence-electron chi connectivity index (χ4n) is 2.53. The van der Waals surface area contributed by atoms with Gasteiger partial charge in [0.2, 0.25) is 11.9 Å². The highest BCUT2D eigenvalue weighted by Gasteiger charge is 2.35. The summed E-state index contributed by atoms with van der Waals surface area (Å²) in [6, 6.07) is 8.87. The highest BCUT2D eigenvalue weighted by Crippen LogP contribution is 2.20. The summed E-state index contributed by atoms with van der Waals surface area (Å²) in [5.41, 5.74) is 0.905. The van der Waals surface area contributed by atoms with Crippen LogP contribution < -0.4 is 5.32 Å². The molecule has 2 N–H and O–H groups in total. The first-order valence-electron chi connectivity index (χ1n) is 7.37. The fraction of sp³-hybridized carbons (Fsp3) is 0.333. The molecule has 1 fully saturated rings. The van der Waals surface area contributed by atoms with Gasteiger partial charge < -0.3 is 4.74 Å². The van der Waals surface area contributed by atoms with Crippen molar-refractivity contribution in [2.75, 3.05) is 11.9 Å². The van der Waals surface area contributed by atoms with Gasteiger partial charge in [-0.3, -0.25) is 15.0 Å². The number of likely N-dealkylation sites (tertiary alicyclic amines) is 1. The SMILES string of the molecule is O=C(Nc1ncn[nH]1)C1CCCN1C(=O)OCc1ccccc1. The number of hydrogen-bond donors (Lipinski definition) is 2. The van der Waals surface area contributed by atoms with Crippen molar-refractivity contribution in [2.24, 2.45) is 0 Å². The Labute approximate surface area is 132 Å². The van der Waals surface area contributed by atoms with Crippen LogP contribution in [0.3, 0.4) is 0 Å². The molecule has 0 bridgehead atoms. The Morgan fingerprint density at radius 3 is 2.91 bits per heavy atom. The number of aromatic amines is 1. The van der Waals surface area contributed by atoms with Crippen LogP contribution in [0.5, 0.6) is 0 Å². The minimum Gasteiger partial charge on any atom is -0.445 e. The minimum absolute atomic E-state index is 0.187. The molecule has 1 saturated heterocycles. The van der Waals surface area contributed by atoms with Crippen LogP contribution in [-0.2, 0) is 16.1 Å². The fourth-order valence-corrected chi connectivity index (χ4v) is 2.53. The van der Waals surface area contributed by atoms with Crippen LogP contribution in [-0.4, -0.2) is 44.7 Å². The lowest BCUT2D eigenvalue weighted by Crippen LogP contribution is -2.43. The zero-order valence-corrected chi connectivity index (χ0v) is 12.4. The smallest absolute Gasteiger partial charge is 0.410 e. The molecule has 0 saturated carbocycles. The van der Waals surface area contributed by atoms with Crippen molar-refractivity contribution < 1.29 is 14.3 Å². The summed E-state index contributed by atoms with van der Waals surface area (Å²) < 4.78 is 5.30. The molecular weight excluding hydrogens is 298 g/mol. The molecule has 8 nitrogen and oxygen atoms in total. The summed E-state index contributed by atoms with van der Waals surface area (Å²) in [7, 11) is 0. The van der Waals surface area contributed by atoms with Crippen LogP contribution in [0.1, 0.15) is 18.4 Å². The van der Waals surface area contributed by atoms with Crippen molar-refractivity contribution >= 4 is 17.9 Å². The third-order valence-electron chi connectivity index (χ3n) is 3.65. The molecule has 1 aromatic heterocycles. The van der Waals surface area contributed by atoms with Gasteiger partial charge in [-0.05, 0) is 18.4 Å². The van der Waals surface area contributed by atoms with E-state index in [1.165, 1.54) is 11.2 Å². The van der Waals surface area contributed by atoms with E-state index in [1.54, 1.807) is 0 Å². The standard InChI is InChI=1S/C15H17N5O3/c21-13(18-14-16-10-17-19-14)12-7-4-8-20(12)15(22)23-9-11-5-2-1-3-6-11/h1-3,5-6,10,12H,4,7-9H2,(H2,16,17,18,19,21). The zero-order chi connectivity index (χ0) is 16.1. The normalized spacial score (nSPS) is 17.0. The second-order valence-electron chi connectivity index (χ2n) is 5.21. The topological polar surface area (TPSA) is 100 Å². The summed E-state index contributed by atoms with van der Waals surface area (Å²) in [5, 5.41) is 8.82. The largest absolute Gasteiger partial charge is 0.445 e. The Hall–Kier alpha value is -2.90. The van der Waals surface area contributed by atoms with Gasteiger partial charge in [0, 0.05) is 6.54 Å². The molecular formula is C15H17N5O3. The Kier molecular flexibility index (Phi) is 4.51. The van der Waals surface area contributed by atoms with Crippen molar-refractivity contribution in [1.29, 1.82) is 0 Å². The lowest BCUT2D eigenvalue weighted by molar-refractivity contribution is -0.120. The van der Waals surface area contributed by atoms with E-state index in [2.05, 4.69) is 20.5 Å². The number of amides is 2. The highest BCUT2D eigenvalue weighted by molar-refractivity contribution is 5.95. The molecule has 1 atom stereocenters. The Morgan fingerprint density at radius 2 is 2.17 bits per heavy atom. The molecule has 0 aliphatic carbocycles. The van der Waals surface area contributed by atoms with Gasteiger partial charge >= 0.3 is 6.09 Å². The predicted octanol–water partition coefficient (Wildman–Crippen LogP) is 1.54. The first-order chi connectivity index (χ1) is 11.2. The van der Waals surface area contributed by atoms with E-state index in [9.17, 15) is 9.59 Å². The van der Waals surface area contributed by atoms with Gasteiger partial charge in [-0.2, -0.15) is 10.1 Å². The molecule has 0 spiro atoms. The van der Waals surface area contributed by atoms with Crippen LogP contribution in [0.15, 0.2) is 36.7 Å². The Bertz CT molecular complexity index is 659. The van der Waals surface area contributed by atoms with Gasteiger partial charge in [-0.25, -0.2) is 9.89 Å². The van der Waals surface area contributed by atoms with E-state index in [1.807, 2.05) is 30.3 Å². The monoisotopic (exact) mass is 315 g/mol. The number of nitrogens with zero attached hydrogens (tertiary/aromatic N) is 3. The van der Waals surface area contributed by atoms with Gasteiger partial charge in [0.1, 0.15) is 19.0 Å². The average molecular weight is 315 g/mol. The second-order valence-corrected chi connectivity index (χ2v) is 5.21. The van der Waals surface area contributed by atoms with Crippen molar-refractivity contribution in [3.05, 3.63) is 42.2 Å². The molecule has 3 rings (SSSR count). The number of benzene rings is 1. The number of anilines is 1. The van der Waals surface area contributed by atoms with Crippen LogP contribution >= 0.6 is 0 Å². The predicted molar refractivity (Wildman–Crippen MR) is 81.4 cm³/mol.